The summed E-state index contributed by atoms with van der Waals surface area (Å²) < 4.78 is 5.36. The Bertz CT molecular complexity index is 463. The maximum Gasteiger partial charge on any atom is 0.254 e. The van der Waals surface area contributed by atoms with Gasteiger partial charge >= 0.3 is 0 Å². The molecule has 2 aliphatic rings. The summed E-state index contributed by atoms with van der Waals surface area (Å²) >= 11 is 1.81. The molecule has 0 bridgehead atoms. The number of hydrogen-bond donors (Lipinski definition) is 1. The van der Waals surface area contributed by atoms with Crippen molar-refractivity contribution in [1.29, 1.82) is 0 Å². The average molecular weight is 310 g/mol. The van der Waals surface area contributed by atoms with Gasteiger partial charge in [-0.3, -0.25) is 9.69 Å². The van der Waals surface area contributed by atoms with Gasteiger partial charge in [0.25, 0.3) is 5.91 Å². The molecule has 2 aliphatic heterocycles. The van der Waals surface area contributed by atoms with Gasteiger partial charge in [0.1, 0.15) is 11.4 Å². The van der Waals surface area contributed by atoms with Crippen molar-refractivity contribution >= 4 is 17.7 Å². The molecule has 0 saturated carbocycles. The molecular formula is C15H22N2O3S. The van der Waals surface area contributed by atoms with Gasteiger partial charge in [-0.1, -0.05) is 0 Å². The molecule has 3 rings (SSSR count). The lowest BCUT2D eigenvalue weighted by atomic mass is 9.94. The molecule has 5 nitrogen and oxygen atoms in total. The number of nitrogens with zero attached hydrogens (tertiary/aromatic N) is 2. The molecule has 1 aromatic rings. The quantitative estimate of drug-likeness (QED) is 0.908. The van der Waals surface area contributed by atoms with Gasteiger partial charge in [0.05, 0.1) is 12.8 Å². The van der Waals surface area contributed by atoms with E-state index in [4.69, 9.17) is 4.42 Å². The van der Waals surface area contributed by atoms with E-state index >= 15 is 0 Å². The largest absolute Gasteiger partial charge is 0.468 e. The minimum atomic E-state index is -1.12. The molecule has 0 atom stereocenters. The number of furan rings is 1. The molecule has 0 spiro atoms. The van der Waals surface area contributed by atoms with Gasteiger partial charge in [-0.25, -0.2) is 0 Å². The van der Waals surface area contributed by atoms with Gasteiger partial charge in [-0.15, -0.1) is 0 Å². The zero-order valence-corrected chi connectivity index (χ0v) is 13.0. The van der Waals surface area contributed by atoms with Gasteiger partial charge in [-0.05, 0) is 36.5 Å². The van der Waals surface area contributed by atoms with Crippen LogP contribution in [-0.4, -0.2) is 64.1 Å². The first-order valence-electron chi connectivity index (χ1n) is 7.52. The highest BCUT2D eigenvalue weighted by Gasteiger charge is 2.40. The van der Waals surface area contributed by atoms with Crippen molar-refractivity contribution in [2.75, 3.05) is 37.7 Å². The van der Waals surface area contributed by atoms with Gasteiger partial charge in [-0.2, -0.15) is 11.8 Å². The molecule has 116 valence electrons. The second-order valence-corrected chi connectivity index (χ2v) is 7.02. The van der Waals surface area contributed by atoms with Crippen molar-refractivity contribution < 1.29 is 14.3 Å². The van der Waals surface area contributed by atoms with Crippen LogP contribution in [0.3, 0.4) is 0 Å². The van der Waals surface area contributed by atoms with Gasteiger partial charge < -0.3 is 14.4 Å². The second-order valence-electron chi connectivity index (χ2n) is 5.79. The maximum atomic E-state index is 12.5. The molecule has 0 radical (unpaired) electrons. The molecule has 0 unspecified atom stereocenters. The molecule has 2 fully saturated rings. The predicted octanol–water partition coefficient (Wildman–Crippen LogP) is 1.18. The lowest BCUT2D eigenvalue weighted by Crippen LogP contribution is -2.56. The van der Waals surface area contributed by atoms with Crippen LogP contribution in [0.4, 0.5) is 0 Å². The number of rotatable bonds is 3. The first-order chi connectivity index (χ1) is 10.2. The highest BCUT2D eigenvalue weighted by molar-refractivity contribution is 7.99. The molecule has 2 saturated heterocycles. The summed E-state index contributed by atoms with van der Waals surface area (Å²) in [4.78, 5) is 16.6. The Kier molecular flexibility index (Phi) is 4.57. The highest BCUT2D eigenvalue weighted by Crippen LogP contribution is 2.29. The topological polar surface area (TPSA) is 56.9 Å². The van der Waals surface area contributed by atoms with Crippen molar-refractivity contribution in [3.8, 4) is 0 Å². The molecule has 0 aliphatic carbocycles. The molecule has 0 aromatic carbocycles. The van der Waals surface area contributed by atoms with E-state index in [1.807, 2.05) is 28.8 Å². The fourth-order valence-corrected chi connectivity index (χ4v) is 4.12. The number of thioether (sulfide) groups is 1. The minimum Gasteiger partial charge on any atom is -0.468 e. The van der Waals surface area contributed by atoms with Gasteiger partial charge in [0.15, 0.2) is 0 Å². The number of amides is 1. The van der Waals surface area contributed by atoms with E-state index in [-0.39, 0.29) is 5.91 Å². The summed E-state index contributed by atoms with van der Waals surface area (Å²) in [5, 5.41) is 10.5. The van der Waals surface area contributed by atoms with Crippen molar-refractivity contribution in [2.24, 2.45) is 0 Å². The predicted molar refractivity (Wildman–Crippen MR) is 82.1 cm³/mol. The third-order valence-corrected chi connectivity index (χ3v) is 5.32. The fourth-order valence-electron chi connectivity index (χ4n) is 2.95. The van der Waals surface area contributed by atoms with Crippen molar-refractivity contribution in [3.05, 3.63) is 24.2 Å². The van der Waals surface area contributed by atoms with Crippen molar-refractivity contribution in [2.45, 2.75) is 25.0 Å². The van der Waals surface area contributed by atoms with Crippen LogP contribution in [0.25, 0.3) is 0 Å². The molecule has 21 heavy (non-hydrogen) atoms. The van der Waals surface area contributed by atoms with E-state index in [1.165, 1.54) is 0 Å². The van der Waals surface area contributed by atoms with E-state index in [1.54, 1.807) is 6.26 Å². The van der Waals surface area contributed by atoms with Gasteiger partial charge in [0.2, 0.25) is 0 Å². The van der Waals surface area contributed by atoms with Gasteiger partial charge in [0, 0.05) is 26.2 Å². The highest BCUT2D eigenvalue weighted by atomic mass is 32.2. The molecule has 1 amide bonds. The Balaban J connectivity index is 1.52. The number of hydrogen-bond acceptors (Lipinski definition) is 5. The Labute approximate surface area is 129 Å². The molecule has 1 aromatic heterocycles. The smallest absolute Gasteiger partial charge is 0.254 e. The Hall–Kier alpha value is -0.980. The third-order valence-electron chi connectivity index (χ3n) is 4.34. The summed E-state index contributed by atoms with van der Waals surface area (Å²) in [5.41, 5.74) is -1.12. The third kappa shape index (κ3) is 3.44. The van der Waals surface area contributed by atoms with Crippen LogP contribution < -0.4 is 0 Å². The van der Waals surface area contributed by atoms with Crippen molar-refractivity contribution in [1.82, 2.24) is 9.80 Å². The standard InChI is InChI=1S/C15H22N2O3S/c18-14(15(19)3-10-21-11-4-15)17-7-5-16(6-8-17)12-13-2-1-9-20-13/h1-2,9,19H,3-8,10-12H2. The van der Waals surface area contributed by atoms with Crippen LogP contribution >= 0.6 is 11.8 Å². The summed E-state index contributed by atoms with van der Waals surface area (Å²) in [6.07, 6.45) is 2.86. The van der Waals surface area contributed by atoms with Crippen LogP contribution in [0.2, 0.25) is 0 Å². The maximum absolute atomic E-state index is 12.5. The Morgan fingerprint density at radius 3 is 2.62 bits per heavy atom. The zero-order valence-electron chi connectivity index (χ0n) is 12.2. The minimum absolute atomic E-state index is 0.0690. The van der Waals surface area contributed by atoms with E-state index in [2.05, 4.69) is 4.90 Å². The fraction of sp³-hybridized carbons (Fsp3) is 0.667. The summed E-state index contributed by atoms with van der Waals surface area (Å²) in [5.74, 6) is 2.64. The number of carbonyl (C=O) groups excluding carboxylic acids is 1. The number of carbonyl (C=O) groups is 1. The van der Waals surface area contributed by atoms with Crippen LogP contribution in [0.15, 0.2) is 22.8 Å². The lowest BCUT2D eigenvalue weighted by Gasteiger charge is -2.40. The summed E-state index contributed by atoms with van der Waals surface area (Å²) in [7, 11) is 0. The van der Waals surface area contributed by atoms with Crippen LogP contribution in [-0.2, 0) is 11.3 Å². The van der Waals surface area contributed by atoms with E-state index in [0.29, 0.717) is 25.9 Å². The molecule has 3 heterocycles. The molecule has 6 heteroatoms. The number of aliphatic hydroxyl groups is 1. The number of piperazine rings is 1. The molecular weight excluding hydrogens is 288 g/mol. The summed E-state index contributed by atoms with van der Waals surface area (Å²) in [6.45, 7) is 3.83. The van der Waals surface area contributed by atoms with E-state index in [0.717, 1.165) is 36.9 Å². The van der Waals surface area contributed by atoms with Crippen LogP contribution in [0.5, 0.6) is 0 Å². The SMILES string of the molecule is O=C(N1CCN(Cc2ccco2)CC1)C1(O)CCSCC1. The normalized spacial score (nSPS) is 23.2. The monoisotopic (exact) mass is 310 g/mol. The molecule has 1 N–H and O–H groups in total. The lowest BCUT2D eigenvalue weighted by molar-refractivity contribution is -0.154. The average Bonchev–Trinajstić information content (AvgIpc) is 3.01. The van der Waals surface area contributed by atoms with Crippen molar-refractivity contribution in [3.63, 3.8) is 0 Å². The first-order valence-corrected chi connectivity index (χ1v) is 8.67. The Morgan fingerprint density at radius 2 is 2.00 bits per heavy atom. The summed E-state index contributed by atoms with van der Waals surface area (Å²) in [6, 6.07) is 3.87. The van der Waals surface area contributed by atoms with E-state index in [9.17, 15) is 9.90 Å². The zero-order chi connectivity index (χ0) is 14.7. The van der Waals surface area contributed by atoms with E-state index < -0.39 is 5.60 Å². The Morgan fingerprint density at radius 1 is 1.29 bits per heavy atom. The van der Waals surface area contributed by atoms with Crippen LogP contribution in [0, 0.1) is 0 Å². The second kappa shape index (κ2) is 6.42. The first kappa shape index (κ1) is 14.9. The van der Waals surface area contributed by atoms with Crippen LogP contribution in [0.1, 0.15) is 18.6 Å².